The summed E-state index contributed by atoms with van der Waals surface area (Å²) in [5.74, 6) is 0.246. The van der Waals surface area contributed by atoms with E-state index in [4.69, 9.17) is 5.73 Å². The monoisotopic (exact) mass is 259 g/mol. The summed E-state index contributed by atoms with van der Waals surface area (Å²) >= 11 is 0. The first-order valence-electron chi connectivity index (χ1n) is 6.77. The van der Waals surface area contributed by atoms with Crippen LogP contribution in [-0.2, 0) is 13.0 Å². The van der Waals surface area contributed by atoms with E-state index in [1.807, 2.05) is 23.0 Å². The Bertz CT molecular complexity index is 577. The molecule has 0 bridgehead atoms. The van der Waals surface area contributed by atoms with E-state index >= 15 is 0 Å². The van der Waals surface area contributed by atoms with Crippen molar-refractivity contribution in [2.75, 3.05) is 6.54 Å². The molecule has 0 saturated heterocycles. The van der Waals surface area contributed by atoms with Gasteiger partial charge >= 0.3 is 0 Å². The zero-order valence-electron chi connectivity index (χ0n) is 10.8. The average molecular weight is 259 g/mol. The maximum atomic E-state index is 13.7. The molecule has 0 spiro atoms. The Morgan fingerprint density at radius 2 is 2.21 bits per heavy atom. The summed E-state index contributed by atoms with van der Waals surface area (Å²) in [4.78, 5) is 0. The average Bonchev–Trinajstić information content (AvgIpc) is 2.84. The Morgan fingerprint density at radius 3 is 3.00 bits per heavy atom. The summed E-state index contributed by atoms with van der Waals surface area (Å²) in [6, 6.07) is 6.87. The molecule has 1 aliphatic rings. The maximum absolute atomic E-state index is 13.7. The molecule has 0 fully saturated rings. The molecule has 3 nitrogen and oxygen atoms in total. The molecule has 0 aliphatic heterocycles. The topological polar surface area (TPSA) is 43.8 Å². The highest BCUT2D eigenvalue weighted by molar-refractivity contribution is 5.27. The first kappa shape index (κ1) is 12.4. The molecule has 0 saturated carbocycles. The predicted octanol–water partition coefficient (Wildman–Crippen LogP) is 2.45. The van der Waals surface area contributed by atoms with Gasteiger partial charge in [-0.3, -0.25) is 4.68 Å². The van der Waals surface area contributed by atoms with E-state index in [0.29, 0.717) is 24.6 Å². The molecule has 4 heteroatoms. The third kappa shape index (κ3) is 2.28. The lowest BCUT2D eigenvalue weighted by Gasteiger charge is -2.21. The molecule has 2 aromatic rings. The van der Waals surface area contributed by atoms with Crippen molar-refractivity contribution in [1.82, 2.24) is 9.78 Å². The van der Waals surface area contributed by atoms with Crippen LogP contribution in [0.1, 0.15) is 35.6 Å². The minimum atomic E-state index is -0.169. The maximum Gasteiger partial charge on any atom is 0.128 e. The second-order valence-corrected chi connectivity index (χ2v) is 5.12. The summed E-state index contributed by atoms with van der Waals surface area (Å²) in [5.41, 5.74) is 8.97. The van der Waals surface area contributed by atoms with Gasteiger partial charge in [0.15, 0.2) is 0 Å². The third-order valence-electron chi connectivity index (χ3n) is 3.95. The lowest BCUT2D eigenvalue weighted by atomic mass is 9.87. The van der Waals surface area contributed by atoms with Gasteiger partial charge in [0.2, 0.25) is 0 Å². The molecule has 19 heavy (non-hydrogen) atoms. The van der Waals surface area contributed by atoms with Crippen LogP contribution >= 0.6 is 0 Å². The second-order valence-electron chi connectivity index (χ2n) is 5.12. The molecule has 0 amide bonds. The van der Waals surface area contributed by atoms with Crippen molar-refractivity contribution in [3.63, 3.8) is 0 Å². The van der Waals surface area contributed by atoms with Crippen molar-refractivity contribution in [2.45, 2.75) is 31.7 Å². The van der Waals surface area contributed by atoms with E-state index in [1.54, 1.807) is 6.07 Å². The number of halogens is 1. The molecular weight excluding hydrogens is 241 g/mol. The fraction of sp³-hybridized carbons (Fsp3) is 0.400. The summed E-state index contributed by atoms with van der Waals surface area (Å²) < 4.78 is 15.6. The fourth-order valence-corrected chi connectivity index (χ4v) is 2.88. The molecule has 1 heterocycles. The number of aromatic nitrogens is 2. The Morgan fingerprint density at radius 1 is 1.37 bits per heavy atom. The standard InChI is InChI=1S/C15H18FN3/c16-14-6-2-1-4-12(14)10-19-15-7-3-5-11(8-17)13(15)9-18-19/h1-2,4,6,9,11H,3,5,7-8,10,17H2. The first-order chi connectivity index (χ1) is 9.29. The van der Waals surface area contributed by atoms with E-state index in [1.165, 1.54) is 17.3 Å². The molecular formula is C15H18FN3. The van der Waals surface area contributed by atoms with Crippen LogP contribution in [0.5, 0.6) is 0 Å². The van der Waals surface area contributed by atoms with Gasteiger partial charge in [0, 0.05) is 11.3 Å². The fourth-order valence-electron chi connectivity index (χ4n) is 2.88. The number of rotatable bonds is 3. The Hall–Kier alpha value is -1.68. The van der Waals surface area contributed by atoms with Crippen LogP contribution < -0.4 is 5.73 Å². The van der Waals surface area contributed by atoms with Gasteiger partial charge in [-0.15, -0.1) is 0 Å². The van der Waals surface area contributed by atoms with Gasteiger partial charge in [-0.1, -0.05) is 18.2 Å². The van der Waals surface area contributed by atoms with Gasteiger partial charge in [0.25, 0.3) is 0 Å². The Kier molecular flexibility index (Phi) is 3.34. The van der Waals surface area contributed by atoms with E-state index in [2.05, 4.69) is 5.10 Å². The second kappa shape index (κ2) is 5.13. The summed E-state index contributed by atoms with van der Waals surface area (Å²) in [6.07, 6.45) is 5.19. The van der Waals surface area contributed by atoms with Crippen molar-refractivity contribution >= 4 is 0 Å². The van der Waals surface area contributed by atoms with E-state index in [-0.39, 0.29) is 5.82 Å². The highest BCUT2D eigenvalue weighted by Crippen LogP contribution is 2.30. The highest BCUT2D eigenvalue weighted by Gasteiger charge is 2.23. The molecule has 1 aromatic heterocycles. The molecule has 2 N–H and O–H groups in total. The SMILES string of the molecule is NCC1CCCc2c1cnn2Cc1ccccc1F. The normalized spacial score (nSPS) is 18.3. The molecule has 1 atom stereocenters. The predicted molar refractivity (Wildman–Crippen MR) is 72.5 cm³/mol. The molecule has 1 aliphatic carbocycles. The van der Waals surface area contributed by atoms with Crippen LogP contribution in [0.3, 0.4) is 0 Å². The lowest BCUT2D eigenvalue weighted by Crippen LogP contribution is -2.19. The van der Waals surface area contributed by atoms with Crippen molar-refractivity contribution in [3.05, 3.63) is 53.1 Å². The number of nitrogens with two attached hydrogens (primary N) is 1. The van der Waals surface area contributed by atoms with E-state index in [9.17, 15) is 4.39 Å². The smallest absolute Gasteiger partial charge is 0.128 e. The quantitative estimate of drug-likeness (QED) is 0.920. The Labute approximate surface area is 112 Å². The van der Waals surface area contributed by atoms with Crippen LogP contribution in [0.25, 0.3) is 0 Å². The van der Waals surface area contributed by atoms with Crippen LogP contribution in [0.15, 0.2) is 30.5 Å². The molecule has 3 rings (SSSR count). The van der Waals surface area contributed by atoms with Crippen molar-refractivity contribution in [3.8, 4) is 0 Å². The molecule has 100 valence electrons. The van der Waals surface area contributed by atoms with E-state index in [0.717, 1.165) is 19.3 Å². The van der Waals surface area contributed by atoms with Gasteiger partial charge in [0.1, 0.15) is 5.82 Å². The Balaban J connectivity index is 1.91. The molecule has 1 aromatic carbocycles. The summed E-state index contributed by atoms with van der Waals surface area (Å²) in [7, 11) is 0. The van der Waals surface area contributed by atoms with Crippen molar-refractivity contribution < 1.29 is 4.39 Å². The summed E-state index contributed by atoms with van der Waals surface area (Å²) in [5, 5.41) is 4.43. The molecule has 1 unspecified atom stereocenters. The van der Waals surface area contributed by atoms with Crippen molar-refractivity contribution in [2.24, 2.45) is 5.73 Å². The van der Waals surface area contributed by atoms with Gasteiger partial charge in [0.05, 0.1) is 12.7 Å². The van der Waals surface area contributed by atoms with Crippen LogP contribution in [0.2, 0.25) is 0 Å². The number of hydrogen-bond donors (Lipinski definition) is 1. The first-order valence-corrected chi connectivity index (χ1v) is 6.77. The highest BCUT2D eigenvalue weighted by atomic mass is 19.1. The molecule has 0 radical (unpaired) electrons. The summed E-state index contributed by atoms with van der Waals surface area (Å²) in [6.45, 7) is 1.16. The van der Waals surface area contributed by atoms with E-state index < -0.39 is 0 Å². The lowest BCUT2D eigenvalue weighted by molar-refractivity contribution is 0.524. The zero-order valence-corrected chi connectivity index (χ0v) is 10.8. The van der Waals surface area contributed by atoms with Gasteiger partial charge in [-0.25, -0.2) is 4.39 Å². The number of hydrogen-bond acceptors (Lipinski definition) is 2. The number of fused-ring (bicyclic) bond motifs is 1. The third-order valence-corrected chi connectivity index (χ3v) is 3.95. The zero-order chi connectivity index (χ0) is 13.2. The van der Waals surface area contributed by atoms with Crippen LogP contribution in [0.4, 0.5) is 4.39 Å². The van der Waals surface area contributed by atoms with Gasteiger partial charge < -0.3 is 5.73 Å². The minimum Gasteiger partial charge on any atom is -0.330 e. The minimum absolute atomic E-state index is 0.169. The van der Waals surface area contributed by atoms with Crippen LogP contribution in [-0.4, -0.2) is 16.3 Å². The van der Waals surface area contributed by atoms with Gasteiger partial charge in [-0.05, 0) is 43.4 Å². The van der Waals surface area contributed by atoms with Crippen LogP contribution in [0, 0.1) is 5.82 Å². The number of nitrogens with zero attached hydrogens (tertiary/aromatic N) is 2. The van der Waals surface area contributed by atoms with Gasteiger partial charge in [-0.2, -0.15) is 5.10 Å². The largest absolute Gasteiger partial charge is 0.330 e. The van der Waals surface area contributed by atoms with Crippen molar-refractivity contribution in [1.29, 1.82) is 0 Å². The number of benzene rings is 1.